The summed E-state index contributed by atoms with van der Waals surface area (Å²) in [4.78, 5) is 25.7. The quantitative estimate of drug-likeness (QED) is 0.732. The van der Waals surface area contributed by atoms with Crippen LogP contribution >= 0.6 is 0 Å². The average molecular weight is 404 g/mol. The number of hydrogen-bond donors (Lipinski definition) is 1. The fourth-order valence-electron chi connectivity index (χ4n) is 2.61. The van der Waals surface area contributed by atoms with Gasteiger partial charge in [0.25, 0.3) is 15.9 Å². The number of anilines is 1. The summed E-state index contributed by atoms with van der Waals surface area (Å²) in [7, 11) is -3.77. The van der Waals surface area contributed by atoms with Gasteiger partial charge in [-0.15, -0.1) is 0 Å². The van der Waals surface area contributed by atoms with E-state index in [4.69, 9.17) is 9.47 Å². The highest BCUT2D eigenvalue weighted by Crippen LogP contribution is 2.16. The molecule has 1 N–H and O–H groups in total. The van der Waals surface area contributed by atoms with Crippen LogP contribution < -0.4 is 4.72 Å². The van der Waals surface area contributed by atoms with Gasteiger partial charge in [-0.3, -0.25) is 9.52 Å². The Bertz CT molecular complexity index is 923. The standard InChI is InChI=1S/C19H20N2O6S/c22-18(21-10-12-26-13-11-21)14-27-19(23)15-6-8-17(9-7-15)28(24,25)20-16-4-2-1-3-5-16/h1-9,20H,10-14H2. The molecule has 1 aliphatic heterocycles. The van der Waals surface area contributed by atoms with Crippen LogP contribution in [0.25, 0.3) is 0 Å². The second-order valence-electron chi connectivity index (χ2n) is 6.07. The molecule has 1 aliphatic rings. The molecule has 0 aliphatic carbocycles. The number of sulfonamides is 1. The number of ether oxygens (including phenoxy) is 2. The Hall–Kier alpha value is -2.91. The van der Waals surface area contributed by atoms with Gasteiger partial charge in [-0.05, 0) is 36.4 Å². The van der Waals surface area contributed by atoms with E-state index in [9.17, 15) is 18.0 Å². The number of carbonyl (C=O) groups excluding carboxylic acids is 2. The molecule has 1 amide bonds. The minimum absolute atomic E-state index is 0.0114. The third-order valence-electron chi connectivity index (χ3n) is 4.12. The van der Waals surface area contributed by atoms with Crippen molar-refractivity contribution in [3.8, 4) is 0 Å². The lowest BCUT2D eigenvalue weighted by molar-refractivity contribution is -0.138. The number of nitrogens with zero attached hydrogens (tertiary/aromatic N) is 1. The minimum atomic E-state index is -3.77. The van der Waals surface area contributed by atoms with Crippen molar-refractivity contribution in [3.63, 3.8) is 0 Å². The average Bonchev–Trinajstić information content (AvgIpc) is 2.73. The maximum Gasteiger partial charge on any atom is 0.338 e. The highest BCUT2D eigenvalue weighted by Gasteiger charge is 2.19. The second kappa shape index (κ2) is 8.85. The largest absolute Gasteiger partial charge is 0.452 e. The Balaban J connectivity index is 1.58. The molecule has 2 aromatic carbocycles. The summed E-state index contributed by atoms with van der Waals surface area (Å²) in [6.07, 6.45) is 0. The number of nitrogens with one attached hydrogen (secondary N) is 1. The van der Waals surface area contributed by atoms with Crippen molar-refractivity contribution in [2.75, 3.05) is 37.6 Å². The molecule has 8 nitrogen and oxygen atoms in total. The Kier molecular flexibility index (Phi) is 6.27. The highest BCUT2D eigenvalue weighted by atomic mass is 32.2. The third kappa shape index (κ3) is 5.08. The Labute approximate surface area is 163 Å². The maximum atomic E-state index is 12.4. The molecule has 1 heterocycles. The zero-order valence-corrected chi connectivity index (χ0v) is 15.9. The van der Waals surface area contributed by atoms with Crippen LogP contribution in [0, 0.1) is 0 Å². The molecule has 0 unspecified atom stereocenters. The van der Waals surface area contributed by atoms with Crippen molar-refractivity contribution >= 4 is 27.6 Å². The van der Waals surface area contributed by atoms with Crippen LogP contribution in [0.15, 0.2) is 59.5 Å². The number of carbonyl (C=O) groups is 2. The maximum absolute atomic E-state index is 12.4. The van der Waals surface area contributed by atoms with Gasteiger partial charge in [-0.2, -0.15) is 0 Å². The van der Waals surface area contributed by atoms with Crippen molar-refractivity contribution in [2.45, 2.75) is 4.90 Å². The van der Waals surface area contributed by atoms with Crippen LogP contribution in [-0.4, -0.2) is 58.1 Å². The second-order valence-corrected chi connectivity index (χ2v) is 7.75. The predicted molar refractivity (Wildman–Crippen MR) is 101 cm³/mol. The zero-order valence-electron chi connectivity index (χ0n) is 15.0. The monoisotopic (exact) mass is 404 g/mol. The van der Waals surface area contributed by atoms with Gasteiger partial charge in [-0.25, -0.2) is 13.2 Å². The van der Waals surface area contributed by atoms with E-state index >= 15 is 0 Å². The molecule has 148 valence electrons. The van der Waals surface area contributed by atoms with Crippen molar-refractivity contribution in [1.29, 1.82) is 0 Å². The smallest absolute Gasteiger partial charge is 0.338 e. The highest BCUT2D eigenvalue weighted by molar-refractivity contribution is 7.92. The topological polar surface area (TPSA) is 102 Å². The number of hydrogen-bond acceptors (Lipinski definition) is 6. The molecule has 0 radical (unpaired) electrons. The molecular formula is C19H20N2O6S. The molecule has 0 spiro atoms. The minimum Gasteiger partial charge on any atom is -0.452 e. The van der Waals surface area contributed by atoms with E-state index in [1.807, 2.05) is 0 Å². The van der Waals surface area contributed by atoms with Gasteiger partial charge in [0.2, 0.25) is 0 Å². The van der Waals surface area contributed by atoms with Crippen molar-refractivity contribution < 1.29 is 27.5 Å². The number of morpholine rings is 1. The molecule has 1 saturated heterocycles. The van der Waals surface area contributed by atoms with Crippen molar-refractivity contribution in [1.82, 2.24) is 4.90 Å². The van der Waals surface area contributed by atoms with Gasteiger partial charge in [-0.1, -0.05) is 18.2 Å². The Morgan fingerprint density at radius 3 is 2.29 bits per heavy atom. The van der Waals surface area contributed by atoms with Gasteiger partial charge in [0.15, 0.2) is 6.61 Å². The summed E-state index contributed by atoms with van der Waals surface area (Å²) < 4.78 is 37.4. The molecule has 2 aromatic rings. The van der Waals surface area contributed by atoms with E-state index in [1.165, 1.54) is 24.3 Å². The van der Waals surface area contributed by atoms with Crippen LogP contribution in [0.5, 0.6) is 0 Å². The van der Waals surface area contributed by atoms with Gasteiger partial charge in [0.05, 0.1) is 23.7 Å². The van der Waals surface area contributed by atoms with Crippen LogP contribution in [-0.2, 0) is 24.3 Å². The lowest BCUT2D eigenvalue weighted by atomic mass is 10.2. The van der Waals surface area contributed by atoms with E-state index in [-0.39, 0.29) is 23.0 Å². The van der Waals surface area contributed by atoms with Crippen LogP contribution in [0.2, 0.25) is 0 Å². The van der Waals surface area contributed by atoms with Gasteiger partial charge >= 0.3 is 5.97 Å². The Morgan fingerprint density at radius 2 is 1.64 bits per heavy atom. The molecule has 9 heteroatoms. The normalized spacial score (nSPS) is 14.4. The molecule has 0 atom stereocenters. The SMILES string of the molecule is O=C(OCC(=O)N1CCOCC1)c1ccc(S(=O)(=O)Nc2ccccc2)cc1. The third-order valence-corrected chi connectivity index (χ3v) is 5.51. The van der Waals surface area contributed by atoms with Crippen molar-refractivity contribution in [2.24, 2.45) is 0 Å². The number of amides is 1. The fraction of sp³-hybridized carbons (Fsp3) is 0.263. The molecule has 0 saturated carbocycles. The van der Waals surface area contributed by atoms with Crippen LogP contribution in [0.4, 0.5) is 5.69 Å². The number of esters is 1. The summed E-state index contributed by atoms with van der Waals surface area (Å²) in [5.41, 5.74) is 0.598. The first-order chi connectivity index (χ1) is 13.5. The van der Waals surface area contributed by atoms with E-state index < -0.39 is 16.0 Å². The predicted octanol–water partition coefficient (Wildman–Crippen LogP) is 1.50. The van der Waals surface area contributed by atoms with Crippen LogP contribution in [0.1, 0.15) is 10.4 Å². The molecule has 0 bridgehead atoms. The molecule has 3 rings (SSSR count). The first kappa shape index (κ1) is 19.8. The van der Waals surface area contributed by atoms with E-state index in [0.717, 1.165) is 0 Å². The summed E-state index contributed by atoms with van der Waals surface area (Å²) in [5.74, 6) is -0.982. The zero-order chi connectivity index (χ0) is 20.0. The first-order valence-electron chi connectivity index (χ1n) is 8.66. The van der Waals surface area contributed by atoms with Gasteiger partial charge in [0, 0.05) is 18.8 Å². The number of para-hydroxylation sites is 1. The lowest BCUT2D eigenvalue weighted by Crippen LogP contribution is -2.42. The van der Waals surface area contributed by atoms with Crippen molar-refractivity contribution in [3.05, 3.63) is 60.2 Å². The van der Waals surface area contributed by atoms with E-state index in [0.29, 0.717) is 32.0 Å². The van der Waals surface area contributed by atoms with Gasteiger partial charge in [0.1, 0.15) is 0 Å². The molecule has 28 heavy (non-hydrogen) atoms. The number of benzene rings is 2. The summed E-state index contributed by atoms with van der Waals surface area (Å²) in [6.45, 7) is 1.50. The fourth-order valence-corrected chi connectivity index (χ4v) is 3.66. The first-order valence-corrected chi connectivity index (χ1v) is 10.1. The summed E-state index contributed by atoms with van der Waals surface area (Å²) in [5, 5.41) is 0. The number of rotatable bonds is 6. The summed E-state index contributed by atoms with van der Waals surface area (Å²) >= 11 is 0. The summed E-state index contributed by atoms with van der Waals surface area (Å²) in [6, 6.07) is 13.8. The molecule has 0 aromatic heterocycles. The van der Waals surface area contributed by atoms with Crippen LogP contribution in [0.3, 0.4) is 0 Å². The lowest BCUT2D eigenvalue weighted by Gasteiger charge is -2.26. The molecular weight excluding hydrogens is 384 g/mol. The Morgan fingerprint density at radius 1 is 1.00 bits per heavy atom. The van der Waals surface area contributed by atoms with E-state index in [1.54, 1.807) is 35.2 Å². The van der Waals surface area contributed by atoms with E-state index in [2.05, 4.69) is 4.72 Å². The van der Waals surface area contributed by atoms with Gasteiger partial charge < -0.3 is 14.4 Å². The molecule has 1 fully saturated rings.